The van der Waals surface area contributed by atoms with Crippen molar-refractivity contribution in [2.45, 2.75) is 58.5 Å². The molecule has 1 aromatic carbocycles. The molecule has 0 radical (unpaired) electrons. The van der Waals surface area contributed by atoms with E-state index >= 15 is 0 Å². The van der Waals surface area contributed by atoms with Crippen molar-refractivity contribution in [3.05, 3.63) is 35.5 Å². The number of nitrogens with two attached hydrogens (primary N) is 2. The van der Waals surface area contributed by atoms with Gasteiger partial charge in [-0.3, -0.25) is 19.2 Å². The highest BCUT2D eigenvalue weighted by Gasteiger charge is 2.32. The lowest BCUT2D eigenvalue weighted by Gasteiger charge is -2.37. The number of aryl methyl sites for hydroxylation is 1. The summed E-state index contributed by atoms with van der Waals surface area (Å²) >= 11 is 0. The Labute approximate surface area is 237 Å². The molecule has 14 nitrogen and oxygen atoms in total. The Bertz CT molecular complexity index is 1290. The van der Waals surface area contributed by atoms with Crippen molar-refractivity contribution in [1.82, 2.24) is 15.3 Å². The smallest absolute Gasteiger partial charge is 0.328 e. The number of ether oxygens (including phenoxy) is 2. The number of benzene rings is 1. The number of nitrogen functional groups attached to an aromatic ring is 2. The lowest BCUT2D eigenvalue weighted by atomic mass is 9.99. The molecule has 41 heavy (non-hydrogen) atoms. The van der Waals surface area contributed by atoms with Crippen molar-refractivity contribution in [3.8, 4) is 0 Å². The summed E-state index contributed by atoms with van der Waals surface area (Å²) in [6.07, 6.45) is 1.57. The van der Waals surface area contributed by atoms with E-state index in [0.29, 0.717) is 36.3 Å². The van der Waals surface area contributed by atoms with E-state index in [9.17, 15) is 24.0 Å². The zero-order chi connectivity index (χ0) is 30.1. The number of esters is 2. The van der Waals surface area contributed by atoms with Crippen molar-refractivity contribution >= 4 is 53.3 Å². The summed E-state index contributed by atoms with van der Waals surface area (Å²) in [5, 5.41) is 2.60. The van der Waals surface area contributed by atoms with Crippen LogP contribution in [0.3, 0.4) is 0 Å². The molecule has 1 aliphatic rings. The van der Waals surface area contributed by atoms with Gasteiger partial charge in [-0.15, -0.1) is 0 Å². The second-order valence-corrected chi connectivity index (χ2v) is 9.27. The number of hydrogen-bond acceptors (Lipinski definition) is 11. The predicted molar refractivity (Wildman–Crippen MR) is 150 cm³/mol. The normalized spacial score (nSPS) is 14.8. The van der Waals surface area contributed by atoms with Gasteiger partial charge >= 0.3 is 11.9 Å². The fraction of sp³-hybridized carbons (Fsp3) is 0.444. The number of amides is 3. The third-order valence-corrected chi connectivity index (χ3v) is 6.51. The van der Waals surface area contributed by atoms with Gasteiger partial charge in [-0.2, -0.15) is 4.98 Å². The van der Waals surface area contributed by atoms with E-state index in [-0.39, 0.29) is 55.8 Å². The van der Waals surface area contributed by atoms with Crippen LogP contribution in [0.4, 0.5) is 23.1 Å². The molecule has 0 aliphatic carbocycles. The van der Waals surface area contributed by atoms with Crippen molar-refractivity contribution in [2.75, 3.05) is 41.0 Å². The highest BCUT2D eigenvalue weighted by Crippen LogP contribution is 2.34. The summed E-state index contributed by atoms with van der Waals surface area (Å²) in [5.41, 5.74) is 13.4. The van der Waals surface area contributed by atoms with Crippen LogP contribution in [-0.2, 0) is 35.1 Å². The molecular formula is C27H35N7O7. The van der Waals surface area contributed by atoms with Crippen LogP contribution in [0, 0.1) is 0 Å². The number of carbonyl (C=O) groups excluding carboxylic acids is 5. The molecule has 2 aromatic rings. The van der Waals surface area contributed by atoms with Crippen molar-refractivity contribution < 1.29 is 33.4 Å². The van der Waals surface area contributed by atoms with E-state index < -0.39 is 29.9 Å². The van der Waals surface area contributed by atoms with Gasteiger partial charge < -0.3 is 36.1 Å². The molecule has 1 aromatic heterocycles. The molecule has 0 fully saturated rings. The number of carbonyl (C=O) groups is 5. The molecule has 2 atom stereocenters. The van der Waals surface area contributed by atoms with Gasteiger partial charge in [-0.1, -0.05) is 0 Å². The van der Waals surface area contributed by atoms with Crippen LogP contribution >= 0.6 is 0 Å². The lowest BCUT2D eigenvalue weighted by Crippen LogP contribution is -2.48. The Hall–Kier alpha value is -4.75. The van der Waals surface area contributed by atoms with Gasteiger partial charge in [0.1, 0.15) is 11.7 Å². The van der Waals surface area contributed by atoms with Crippen molar-refractivity contribution in [1.29, 1.82) is 0 Å². The van der Waals surface area contributed by atoms with Crippen LogP contribution < -0.4 is 26.6 Å². The second kappa shape index (κ2) is 14.1. The third-order valence-electron chi connectivity index (χ3n) is 6.51. The molecule has 1 aliphatic heterocycles. The SMILES string of the molecule is CCOC(=O)CC[C@H](NC(=O)c1ccc(N(CC2CCc3nc(N)nc(N)c3N2C=O)C(C)=O)cc1)C(=O)OCC. The molecule has 1 unspecified atom stereocenters. The first-order chi connectivity index (χ1) is 19.6. The summed E-state index contributed by atoms with van der Waals surface area (Å²) in [5.74, 6) is -1.88. The highest BCUT2D eigenvalue weighted by atomic mass is 16.5. The van der Waals surface area contributed by atoms with E-state index in [4.69, 9.17) is 20.9 Å². The third kappa shape index (κ3) is 7.68. The zero-order valence-electron chi connectivity index (χ0n) is 23.3. The summed E-state index contributed by atoms with van der Waals surface area (Å²) < 4.78 is 9.93. The van der Waals surface area contributed by atoms with Gasteiger partial charge in [-0.25, -0.2) is 9.78 Å². The molecule has 14 heteroatoms. The average Bonchev–Trinajstić information content (AvgIpc) is 2.93. The maximum Gasteiger partial charge on any atom is 0.328 e. The van der Waals surface area contributed by atoms with Gasteiger partial charge in [-0.05, 0) is 57.4 Å². The topological polar surface area (TPSA) is 200 Å². The zero-order valence-corrected chi connectivity index (χ0v) is 23.3. The number of nitrogens with zero attached hydrogens (tertiary/aromatic N) is 4. The van der Waals surface area contributed by atoms with Crippen LogP contribution in [0.1, 0.15) is 56.1 Å². The van der Waals surface area contributed by atoms with Gasteiger partial charge in [0.15, 0.2) is 5.82 Å². The Kier molecular flexibility index (Phi) is 10.6. The minimum absolute atomic E-state index is 0.0134. The molecule has 0 saturated heterocycles. The molecular weight excluding hydrogens is 534 g/mol. The van der Waals surface area contributed by atoms with Crippen LogP contribution in [0.15, 0.2) is 24.3 Å². The van der Waals surface area contributed by atoms with E-state index in [0.717, 1.165) is 0 Å². The predicted octanol–water partition coefficient (Wildman–Crippen LogP) is 0.977. The van der Waals surface area contributed by atoms with Gasteiger partial charge in [0.05, 0.1) is 24.9 Å². The number of aromatic nitrogens is 2. The minimum atomic E-state index is -1.05. The summed E-state index contributed by atoms with van der Waals surface area (Å²) in [6.45, 7) is 5.18. The van der Waals surface area contributed by atoms with E-state index in [1.54, 1.807) is 26.0 Å². The fourth-order valence-corrected chi connectivity index (χ4v) is 4.59. The number of rotatable bonds is 12. The first kappa shape index (κ1) is 30.8. The molecule has 0 bridgehead atoms. The van der Waals surface area contributed by atoms with Crippen LogP contribution in [0.2, 0.25) is 0 Å². The van der Waals surface area contributed by atoms with Crippen molar-refractivity contribution in [2.24, 2.45) is 0 Å². The fourth-order valence-electron chi connectivity index (χ4n) is 4.59. The Morgan fingerprint density at radius 3 is 2.41 bits per heavy atom. The Morgan fingerprint density at radius 2 is 1.80 bits per heavy atom. The highest BCUT2D eigenvalue weighted by molar-refractivity contribution is 5.98. The maximum absolute atomic E-state index is 12.9. The minimum Gasteiger partial charge on any atom is -0.466 e. The maximum atomic E-state index is 12.9. The number of fused-ring (bicyclic) bond motifs is 1. The summed E-state index contributed by atoms with van der Waals surface area (Å²) in [4.78, 5) is 72.8. The number of nitrogens with one attached hydrogen (secondary N) is 1. The van der Waals surface area contributed by atoms with Gasteiger partial charge in [0.25, 0.3) is 5.91 Å². The van der Waals surface area contributed by atoms with E-state index in [1.807, 2.05) is 0 Å². The first-order valence-electron chi connectivity index (χ1n) is 13.3. The second-order valence-electron chi connectivity index (χ2n) is 9.27. The largest absolute Gasteiger partial charge is 0.466 e. The molecule has 5 N–H and O–H groups in total. The van der Waals surface area contributed by atoms with Crippen LogP contribution in [-0.4, -0.2) is 72.0 Å². The van der Waals surface area contributed by atoms with Crippen LogP contribution in [0.25, 0.3) is 0 Å². The summed E-state index contributed by atoms with van der Waals surface area (Å²) in [7, 11) is 0. The molecule has 220 valence electrons. The molecule has 2 heterocycles. The van der Waals surface area contributed by atoms with E-state index in [2.05, 4.69) is 15.3 Å². The van der Waals surface area contributed by atoms with Crippen molar-refractivity contribution in [3.63, 3.8) is 0 Å². The monoisotopic (exact) mass is 569 g/mol. The first-order valence-corrected chi connectivity index (χ1v) is 13.3. The Morgan fingerprint density at radius 1 is 1.12 bits per heavy atom. The molecule has 0 spiro atoms. The molecule has 0 saturated carbocycles. The number of anilines is 4. The lowest BCUT2D eigenvalue weighted by molar-refractivity contribution is -0.147. The standard InChI is InChI=1S/C27H35N7O7/c1-4-40-22(37)13-12-21(26(39)41-5-2)30-25(38)17-6-8-18(9-7-17)33(16(3)36)14-19-10-11-20-23(34(19)15-35)24(28)32-27(29)31-20/h6-9,15,19,21H,4-5,10-14H2,1-3H3,(H,30,38)(H4,28,29,31,32)/t19?,21-/m0/s1. The average molecular weight is 570 g/mol. The quantitative estimate of drug-likeness (QED) is 0.243. The molecule has 3 amide bonds. The summed E-state index contributed by atoms with van der Waals surface area (Å²) in [6, 6.07) is 4.75. The molecule has 3 rings (SSSR count). The Balaban J connectivity index is 1.74. The van der Waals surface area contributed by atoms with Gasteiger partial charge in [0.2, 0.25) is 18.3 Å². The van der Waals surface area contributed by atoms with E-state index in [1.165, 1.54) is 28.9 Å². The number of hydrogen-bond donors (Lipinski definition) is 3. The van der Waals surface area contributed by atoms with Gasteiger partial charge in [0, 0.05) is 31.1 Å². The van der Waals surface area contributed by atoms with Crippen LogP contribution in [0.5, 0.6) is 0 Å².